The highest BCUT2D eigenvalue weighted by molar-refractivity contribution is 8.15. The van der Waals surface area contributed by atoms with Crippen molar-refractivity contribution in [3.63, 3.8) is 0 Å². The quantitative estimate of drug-likeness (QED) is 0.944. The minimum atomic E-state index is -0.345. The standard InChI is InChI=1S/C14H10FNO2S2/c15-9-3-1-8(2-4-9)11-6-5-10(19-11)7-12-13(17)16-14(18)20-12/h1-6,12H,7H2,(H,16,17,18). The Morgan fingerprint density at radius 2 is 1.85 bits per heavy atom. The van der Waals surface area contributed by atoms with Gasteiger partial charge in [-0.05, 0) is 29.8 Å². The monoisotopic (exact) mass is 307 g/mol. The van der Waals surface area contributed by atoms with Crippen LogP contribution in [0.1, 0.15) is 4.88 Å². The van der Waals surface area contributed by atoms with Crippen LogP contribution in [0.25, 0.3) is 10.4 Å². The van der Waals surface area contributed by atoms with E-state index in [1.54, 1.807) is 23.5 Å². The highest BCUT2D eigenvalue weighted by Gasteiger charge is 2.31. The van der Waals surface area contributed by atoms with E-state index in [2.05, 4.69) is 5.32 Å². The molecule has 102 valence electrons. The van der Waals surface area contributed by atoms with Gasteiger partial charge in [-0.25, -0.2) is 4.39 Å². The van der Waals surface area contributed by atoms with Crippen LogP contribution in [-0.2, 0) is 11.2 Å². The van der Waals surface area contributed by atoms with Crippen LogP contribution in [0.15, 0.2) is 36.4 Å². The number of benzene rings is 1. The van der Waals surface area contributed by atoms with Gasteiger partial charge < -0.3 is 0 Å². The number of hydrogen-bond acceptors (Lipinski definition) is 4. The smallest absolute Gasteiger partial charge is 0.286 e. The summed E-state index contributed by atoms with van der Waals surface area (Å²) in [7, 11) is 0. The Bertz CT molecular complexity index is 666. The van der Waals surface area contributed by atoms with Crippen LogP contribution in [0, 0.1) is 5.82 Å². The zero-order valence-electron chi connectivity index (χ0n) is 10.3. The van der Waals surface area contributed by atoms with E-state index in [1.165, 1.54) is 12.1 Å². The summed E-state index contributed by atoms with van der Waals surface area (Å²) in [5.41, 5.74) is 0.947. The normalized spacial score (nSPS) is 18.4. The molecule has 2 aromatic rings. The Morgan fingerprint density at radius 3 is 2.50 bits per heavy atom. The molecule has 1 aromatic carbocycles. The lowest BCUT2D eigenvalue weighted by molar-refractivity contribution is -0.118. The van der Waals surface area contributed by atoms with Crippen molar-refractivity contribution in [1.29, 1.82) is 0 Å². The molecule has 2 heterocycles. The SMILES string of the molecule is O=C1NC(=O)C(Cc2ccc(-c3ccc(F)cc3)s2)S1. The molecule has 3 nitrogen and oxygen atoms in total. The minimum absolute atomic E-state index is 0.225. The molecule has 1 aliphatic heterocycles. The number of nitrogens with one attached hydrogen (secondary N) is 1. The topological polar surface area (TPSA) is 46.2 Å². The van der Waals surface area contributed by atoms with Gasteiger partial charge in [-0.2, -0.15) is 0 Å². The molecular formula is C14H10FNO2S2. The van der Waals surface area contributed by atoms with Gasteiger partial charge >= 0.3 is 0 Å². The Kier molecular flexibility index (Phi) is 3.58. The first kappa shape index (κ1) is 13.3. The van der Waals surface area contributed by atoms with E-state index in [0.717, 1.165) is 27.1 Å². The van der Waals surface area contributed by atoms with Crippen LogP contribution in [0.3, 0.4) is 0 Å². The fourth-order valence-electron chi connectivity index (χ4n) is 1.97. The molecule has 0 saturated carbocycles. The summed E-state index contributed by atoms with van der Waals surface area (Å²) in [6, 6.07) is 10.2. The number of thioether (sulfide) groups is 1. The van der Waals surface area contributed by atoms with E-state index in [0.29, 0.717) is 6.42 Å². The first-order valence-electron chi connectivity index (χ1n) is 5.98. The molecule has 1 aromatic heterocycles. The molecule has 0 radical (unpaired) electrons. The predicted molar refractivity (Wildman–Crippen MR) is 78.3 cm³/mol. The van der Waals surface area contributed by atoms with E-state index in [9.17, 15) is 14.0 Å². The van der Waals surface area contributed by atoms with Gasteiger partial charge in [-0.1, -0.05) is 23.9 Å². The molecule has 20 heavy (non-hydrogen) atoms. The summed E-state index contributed by atoms with van der Waals surface area (Å²) in [6.07, 6.45) is 0.536. The van der Waals surface area contributed by atoms with Gasteiger partial charge in [0, 0.05) is 16.2 Å². The van der Waals surface area contributed by atoms with Crippen molar-refractivity contribution in [2.45, 2.75) is 11.7 Å². The largest absolute Gasteiger partial charge is 0.286 e. The maximum Gasteiger partial charge on any atom is 0.286 e. The Morgan fingerprint density at radius 1 is 1.10 bits per heavy atom. The van der Waals surface area contributed by atoms with Gasteiger partial charge in [0.05, 0.1) is 5.25 Å². The third-order valence-electron chi connectivity index (χ3n) is 2.94. The molecular weight excluding hydrogens is 297 g/mol. The van der Waals surface area contributed by atoms with Crippen LogP contribution in [-0.4, -0.2) is 16.4 Å². The number of thiophene rings is 1. The lowest BCUT2D eigenvalue weighted by Gasteiger charge is -2.01. The first-order valence-corrected chi connectivity index (χ1v) is 7.67. The second-order valence-electron chi connectivity index (χ2n) is 4.36. The van der Waals surface area contributed by atoms with Crippen LogP contribution in [0.5, 0.6) is 0 Å². The van der Waals surface area contributed by atoms with Gasteiger partial charge in [0.25, 0.3) is 5.24 Å². The summed E-state index contributed by atoms with van der Waals surface area (Å²) in [4.78, 5) is 24.7. The number of hydrogen-bond donors (Lipinski definition) is 1. The maximum absolute atomic E-state index is 12.9. The molecule has 2 amide bonds. The van der Waals surface area contributed by atoms with E-state index < -0.39 is 0 Å². The van der Waals surface area contributed by atoms with Crippen molar-refractivity contribution in [1.82, 2.24) is 5.32 Å². The van der Waals surface area contributed by atoms with Gasteiger partial charge in [-0.15, -0.1) is 11.3 Å². The zero-order valence-corrected chi connectivity index (χ0v) is 11.9. The molecule has 1 unspecified atom stereocenters. The van der Waals surface area contributed by atoms with Gasteiger partial charge in [0.2, 0.25) is 5.91 Å². The van der Waals surface area contributed by atoms with Crippen molar-refractivity contribution < 1.29 is 14.0 Å². The summed E-state index contributed by atoms with van der Waals surface area (Å²) in [6.45, 7) is 0. The fourth-order valence-corrected chi connectivity index (χ4v) is 3.98. The third kappa shape index (κ3) is 2.76. The van der Waals surface area contributed by atoms with Crippen molar-refractivity contribution in [3.05, 3.63) is 47.1 Å². The van der Waals surface area contributed by atoms with Crippen molar-refractivity contribution >= 4 is 34.2 Å². The lowest BCUT2D eigenvalue weighted by Crippen LogP contribution is -2.25. The number of rotatable bonds is 3. The molecule has 1 aliphatic rings. The van der Waals surface area contributed by atoms with Crippen molar-refractivity contribution in [2.24, 2.45) is 0 Å². The molecule has 3 rings (SSSR count). The fraction of sp³-hybridized carbons (Fsp3) is 0.143. The Balaban J connectivity index is 1.75. The summed E-state index contributed by atoms with van der Waals surface area (Å²) in [5, 5.41) is 1.65. The van der Waals surface area contributed by atoms with E-state index in [4.69, 9.17) is 0 Å². The molecule has 0 bridgehead atoms. The highest BCUT2D eigenvalue weighted by Crippen LogP contribution is 2.31. The molecule has 1 saturated heterocycles. The molecule has 6 heteroatoms. The third-order valence-corrected chi connectivity index (χ3v) is 5.08. The summed E-state index contributed by atoms with van der Waals surface area (Å²) in [5.74, 6) is -0.486. The van der Waals surface area contributed by atoms with Gasteiger partial charge in [0.15, 0.2) is 0 Å². The Labute approximate surface area is 123 Å². The first-order chi connectivity index (χ1) is 9.61. The average molecular weight is 307 g/mol. The van der Waals surface area contributed by atoms with E-state index in [1.807, 2.05) is 12.1 Å². The number of carbonyl (C=O) groups excluding carboxylic acids is 2. The van der Waals surface area contributed by atoms with Gasteiger partial charge in [0.1, 0.15) is 5.82 Å². The van der Waals surface area contributed by atoms with Crippen molar-refractivity contribution in [2.75, 3.05) is 0 Å². The molecule has 1 atom stereocenters. The number of carbonyl (C=O) groups is 2. The minimum Gasteiger partial charge on any atom is -0.286 e. The van der Waals surface area contributed by atoms with Gasteiger partial charge in [-0.3, -0.25) is 14.9 Å². The molecule has 0 spiro atoms. The summed E-state index contributed by atoms with van der Waals surface area (Å²) < 4.78 is 12.9. The number of halogens is 1. The number of amides is 2. The van der Waals surface area contributed by atoms with E-state index in [-0.39, 0.29) is 22.2 Å². The van der Waals surface area contributed by atoms with Crippen LogP contribution in [0.4, 0.5) is 9.18 Å². The number of imide groups is 1. The second kappa shape index (κ2) is 5.38. The van der Waals surface area contributed by atoms with Crippen LogP contribution in [0.2, 0.25) is 0 Å². The van der Waals surface area contributed by atoms with Crippen LogP contribution >= 0.6 is 23.1 Å². The maximum atomic E-state index is 12.9. The zero-order chi connectivity index (χ0) is 14.1. The molecule has 0 aliphatic carbocycles. The predicted octanol–water partition coefficient (Wildman–Crippen LogP) is 3.45. The highest BCUT2D eigenvalue weighted by atomic mass is 32.2. The molecule has 1 fully saturated rings. The summed E-state index contributed by atoms with van der Waals surface area (Å²) >= 11 is 2.59. The molecule has 1 N–H and O–H groups in total. The second-order valence-corrected chi connectivity index (χ2v) is 6.70. The van der Waals surface area contributed by atoms with Crippen molar-refractivity contribution in [3.8, 4) is 10.4 Å². The average Bonchev–Trinajstić information content (AvgIpc) is 2.98. The van der Waals surface area contributed by atoms with E-state index >= 15 is 0 Å². The Hall–Kier alpha value is -1.66. The van der Waals surface area contributed by atoms with Crippen LogP contribution < -0.4 is 5.32 Å². The lowest BCUT2D eigenvalue weighted by atomic mass is 10.2.